The summed E-state index contributed by atoms with van der Waals surface area (Å²) < 4.78 is 13.2. The number of fused-ring (bicyclic) bond motifs is 1. The summed E-state index contributed by atoms with van der Waals surface area (Å²) in [5.74, 6) is -0.203. The first-order valence-corrected chi connectivity index (χ1v) is 6.68. The molecule has 0 radical (unpaired) electrons. The first-order chi connectivity index (χ1) is 8.11. The van der Waals surface area contributed by atoms with Gasteiger partial charge in [0.25, 0.3) is 0 Å². The molecule has 2 aromatic rings. The zero-order valence-corrected chi connectivity index (χ0v) is 10.6. The Morgan fingerprint density at radius 1 is 1.35 bits per heavy atom. The Hall–Kier alpha value is -0.900. The fraction of sp³-hybridized carbons (Fsp3) is 0.231. The van der Waals surface area contributed by atoms with Gasteiger partial charge in [-0.3, -0.25) is 0 Å². The highest BCUT2D eigenvalue weighted by molar-refractivity contribution is 7.10. The van der Waals surface area contributed by atoms with E-state index in [1.807, 2.05) is 11.4 Å². The molecule has 4 heteroatoms. The zero-order chi connectivity index (χ0) is 12.0. The van der Waals surface area contributed by atoms with Gasteiger partial charge in [-0.25, -0.2) is 4.39 Å². The smallest absolute Gasteiger partial charge is 0.123 e. The van der Waals surface area contributed by atoms with Crippen molar-refractivity contribution in [2.45, 2.75) is 18.4 Å². The lowest BCUT2D eigenvalue weighted by atomic mass is 9.91. The van der Waals surface area contributed by atoms with Gasteiger partial charge in [0.05, 0.1) is 10.6 Å². The number of nitrogens with two attached hydrogens (primary N) is 1. The molecule has 0 fully saturated rings. The second-order valence-electron chi connectivity index (χ2n) is 4.37. The van der Waals surface area contributed by atoms with Crippen LogP contribution < -0.4 is 5.73 Å². The molecule has 1 aliphatic rings. The summed E-state index contributed by atoms with van der Waals surface area (Å²) in [6, 6.07) is 6.68. The molecule has 0 amide bonds. The van der Waals surface area contributed by atoms with Crippen molar-refractivity contribution in [3.05, 3.63) is 56.5 Å². The van der Waals surface area contributed by atoms with E-state index < -0.39 is 5.54 Å². The quantitative estimate of drug-likeness (QED) is 0.838. The summed E-state index contributed by atoms with van der Waals surface area (Å²) in [6.07, 6.45) is 1.59. The van der Waals surface area contributed by atoms with E-state index in [4.69, 9.17) is 17.3 Å². The minimum Gasteiger partial charge on any atom is -0.317 e. The Morgan fingerprint density at radius 3 is 2.88 bits per heavy atom. The number of benzene rings is 1. The van der Waals surface area contributed by atoms with Crippen molar-refractivity contribution >= 4 is 22.9 Å². The van der Waals surface area contributed by atoms with Crippen molar-refractivity contribution in [2.75, 3.05) is 0 Å². The largest absolute Gasteiger partial charge is 0.317 e. The molecule has 1 atom stereocenters. The molecule has 1 nitrogen and oxygen atoms in total. The number of aryl methyl sites for hydroxylation is 1. The topological polar surface area (TPSA) is 26.0 Å². The predicted molar refractivity (Wildman–Crippen MR) is 69.0 cm³/mol. The van der Waals surface area contributed by atoms with Crippen LogP contribution in [0, 0.1) is 5.82 Å². The Kier molecular flexibility index (Phi) is 2.51. The molecule has 1 aromatic heterocycles. The number of hydrogen-bond donors (Lipinski definition) is 1. The molecular weight excluding hydrogens is 257 g/mol. The van der Waals surface area contributed by atoms with Crippen LogP contribution in [0.2, 0.25) is 5.02 Å². The van der Waals surface area contributed by atoms with E-state index in [1.54, 1.807) is 23.5 Å². The van der Waals surface area contributed by atoms with E-state index in [0.29, 0.717) is 5.02 Å². The first-order valence-electron chi connectivity index (χ1n) is 5.42. The lowest BCUT2D eigenvalue weighted by molar-refractivity contribution is 0.546. The molecule has 0 saturated carbocycles. The van der Waals surface area contributed by atoms with Crippen molar-refractivity contribution in [1.29, 1.82) is 0 Å². The minimum absolute atomic E-state index is 0.203. The monoisotopic (exact) mass is 267 g/mol. The van der Waals surface area contributed by atoms with Crippen LogP contribution in [0.15, 0.2) is 29.6 Å². The van der Waals surface area contributed by atoms with Gasteiger partial charge in [-0.15, -0.1) is 11.3 Å². The summed E-state index contributed by atoms with van der Waals surface area (Å²) >= 11 is 7.73. The average molecular weight is 268 g/mol. The van der Waals surface area contributed by atoms with E-state index in [0.717, 1.165) is 28.8 Å². The lowest BCUT2D eigenvalue weighted by Gasteiger charge is -2.24. The zero-order valence-electron chi connectivity index (χ0n) is 9.04. The maximum atomic E-state index is 13.2. The van der Waals surface area contributed by atoms with Gasteiger partial charge in [-0.2, -0.15) is 0 Å². The van der Waals surface area contributed by atoms with Gasteiger partial charge < -0.3 is 5.73 Å². The van der Waals surface area contributed by atoms with Crippen LogP contribution in [-0.2, 0) is 12.0 Å². The highest BCUT2D eigenvalue weighted by atomic mass is 35.5. The number of rotatable bonds is 1. The Bertz CT molecular complexity index is 581. The molecular formula is C13H11ClFNS. The molecule has 1 unspecified atom stereocenters. The van der Waals surface area contributed by atoms with Crippen LogP contribution in [0.4, 0.5) is 4.39 Å². The van der Waals surface area contributed by atoms with Crippen molar-refractivity contribution in [2.24, 2.45) is 5.73 Å². The summed E-state index contributed by atoms with van der Waals surface area (Å²) in [6.45, 7) is 0. The predicted octanol–water partition coefficient (Wildman–Crippen LogP) is 3.69. The van der Waals surface area contributed by atoms with E-state index in [1.165, 1.54) is 6.07 Å². The fourth-order valence-electron chi connectivity index (χ4n) is 2.52. The molecule has 0 saturated heterocycles. The third-order valence-electron chi connectivity index (χ3n) is 3.36. The van der Waals surface area contributed by atoms with Gasteiger partial charge in [0.15, 0.2) is 0 Å². The molecule has 88 valence electrons. The molecule has 0 aliphatic heterocycles. The molecule has 1 aromatic carbocycles. The summed E-state index contributed by atoms with van der Waals surface area (Å²) in [5.41, 5.74) is 7.94. The third kappa shape index (κ3) is 1.61. The molecule has 1 aliphatic carbocycles. The van der Waals surface area contributed by atoms with Gasteiger partial charge in [0, 0.05) is 4.88 Å². The van der Waals surface area contributed by atoms with E-state index in [9.17, 15) is 4.39 Å². The number of hydrogen-bond acceptors (Lipinski definition) is 2. The Labute approximate surface area is 108 Å². The van der Waals surface area contributed by atoms with Gasteiger partial charge in [-0.1, -0.05) is 17.7 Å². The molecule has 2 N–H and O–H groups in total. The van der Waals surface area contributed by atoms with E-state index >= 15 is 0 Å². The van der Waals surface area contributed by atoms with Crippen molar-refractivity contribution < 1.29 is 4.39 Å². The molecule has 1 heterocycles. The lowest BCUT2D eigenvalue weighted by Crippen LogP contribution is -2.34. The van der Waals surface area contributed by atoms with Crippen LogP contribution in [-0.4, -0.2) is 0 Å². The number of halogens is 2. The second-order valence-corrected chi connectivity index (χ2v) is 5.69. The average Bonchev–Trinajstić information content (AvgIpc) is 2.85. The van der Waals surface area contributed by atoms with Crippen molar-refractivity contribution in [3.63, 3.8) is 0 Å². The summed E-state index contributed by atoms with van der Waals surface area (Å²) in [5, 5.41) is 2.64. The summed E-state index contributed by atoms with van der Waals surface area (Å²) in [7, 11) is 0. The van der Waals surface area contributed by atoms with Gasteiger partial charge >= 0.3 is 0 Å². The minimum atomic E-state index is -0.547. The second kappa shape index (κ2) is 3.80. The maximum absolute atomic E-state index is 13.2. The molecule has 0 spiro atoms. The van der Waals surface area contributed by atoms with Crippen LogP contribution in [0.25, 0.3) is 0 Å². The highest BCUT2D eigenvalue weighted by Crippen LogP contribution is 2.44. The SMILES string of the molecule is NC1(c2sccc2Cl)CCc2cc(F)ccc21. The molecule has 17 heavy (non-hydrogen) atoms. The number of thiophene rings is 1. The summed E-state index contributed by atoms with van der Waals surface area (Å²) in [4.78, 5) is 0.976. The van der Waals surface area contributed by atoms with Crippen molar-refractivity contribution in [1.82, 2.24) is 0 Å². The van der Waals surface area contributed by atoms with E-state index in [2.05, 4.69) is 0 Å². The van der Waals surface area contributed by atoms with Gasteiger partial charge in [-0.05, 0) is 47.5 Å². The van der Waals surface area contributed by atoms with Crippen LogP contribution >= 0.6 is 22.9 Å². The Morgan fingerprint density at radius 2 is 2.18 bits per heavy atom. The van der Waals surface area contributed by atoms with Crippen molar-refractivity contribution in [3.8, 4) is 0 Å². The van der Waals surface area contributed by atoms with Crippen LogP contribution in [0.3, 0.4) is 0 Å². The standard InChI is InChI=1S/C13H11ClFNS/c14-11-4-6-17-12(11)13(16)5-3-8-7-9(15)1-2-10(8)13/h1-2,4,6-7H,3,5,16H2. The fourth-order valence-corrected chi connectivity index (χ4v) is 3.90. The normalized spacial score (nSPS) is 22.8. The van der Waals surface area contributed by atoms with Gasteiger partial charge in [0.1, 0.15) is 5.82 Å². The first kappa shape index (κ1) is 11.2. The van der Waals surface area contributed by atoms with E-state index in [-0.39, 0.29) is 5.82 Å². The molecule has 0 bridgehead atoms. The third-order valence-corrected chi connectivity index (χ3v) is 4.88. The highest BCUT2D eigenvalue weighted by Gasteiger charge is 2.39. The van der Waals surface area contributed by atoms with Crippen LogP contribution in [0.1, 0.15) is 22.4 Å². The van der Waals surface area contributed by atoms with Gasteiger partial charge in [0.2, 0.25) is 0 Å². The van der Waals surface area contributed by atoms with Crippen LogP contribution in [0.5, 0.6) is 0 Å². The maximum Gasteiger partial charge on any atom is 0.123 e. The molecule has 3 rings (SSSR count). The Balaban J connectivity index is 2.17.